The average molecular weight is 1380 g/mol. The van der Waals surface area contributed by atoms with Crippen molar-refractivity contribution in [3.8, 4) is 0 Å². The second-order valence-corrected chi connectivity index (χ2v) is 30.7. The summed E-state index contributed by atoms with van der Waals surface area (Å²) in [5.74, 6) is -0.532. The highest BCUT2D eigenvalue weighted by atomic mass is 31.2. The van der Waals surface area contributed by atoms with Crippen LogP contribution >= 0.6 is 15.6 Å². The van der Waals surface area contributed by atoms with Gasteiger partial charge in [-0.15, -0.1) is 0 Å². The van der Waals surface area contributed by atoms with Gasteiger partial charge >= 0.3 is 39.5 Å². The van der Waals surface area contributed by atoms with Crippen molar-refractivity contribution in [1.29, 1.82) is 0 Å². The molecule has 94 heavy (non-hydrogen) atoms. The van der Waals surface area contributed by atoms with Gasteiger partial charge in [0.1, 0.15) is 19.3 Å². The van der Waals surface area contributed by atoms with Crippen LogP contribution in [0.25, 0.3) is 0 Å². The van der Waals surface area contributed by atoms with Crippen LogP contribution in [0.3, 0.4) is 0 Å². The zero-order chi connectivity index (χ0) is 69.3. The molecule has 3 N–H and O–H groups in total. The van der Waals surface area contributed by atoms with E-state index in [1.165, 1.54) is 193 Å². The van der Waals surface area contributed by atoms with Gasteiger partial charge in [-0.3, -0.25) is 37.3 Å². The molecule has 3 unspecified atom stereocenters. The number of aliphatic hydroxyl groups excluding tert-OH is 1. The molecule has 17 nitrogen and oxygen atoms in total. The molecule has 0 aliphatic carbocycles. The Labute approximate surface area is 575 Å². The first-order chi connectivity index (χ1) is 45.4. The number of carbonyl (C=O) groups is 4. The van der Waals surface area contributed by atoms with Crippen LogP contribution < -0.4 is 0 Å². The maximum Gasteiger partial charge on any atom is 0.472 e. The molecule has 0 aliphatic rings. The Morgan fingerprint density at radius 3 is 0.809 bits per heavy atom. The van der Waals surface area contributed by atoms with Gasteiger partial charge in [0.25, 0.3) is 0 Å². The Morgan fingerprint density at radius 2 is 0.543 bits per heavy atom. The molecule has 0 bridgehead atoms. The van der Waals surface area contributed by atoms with Crippen LogP contribution in [0.1, 0.15) is 388 Å². The van der Waals surface area contributed by atoms with Crippen molar-refractivity contribution in [2.45, 2.75) is 407 Å². The molecule has 0 aliphatic heterocycles. The van der Waals surface area contributed by atoms with Crippen LogP contribution in [0.2, 0.25) is 0 Å². The minimum Gasteiger partial charge on any atom is -0.462 e. The third-order valence-corrected chi connectivity index (χ3v) is 19.7. The van der Waals surface area contributed by atoms with Gasteiger partial charge in [0.2, 0.25) is 0 Å². The number of aliphatic hydroxyl groups is 1. The van der Waals surface area contributed by atoms with Crippen LogP contribution in [0.15, 0.2) is 0 Å². The number of phosphoric ester groups is 2. The zero-order valence-electron chi connectivity index (χ0n) is 61.3. The summed E-state index contributed by atoms with van der Waals surface area (Å²) in [6.45, 7) is 9.58. The summed E-state index contributed by atoms with van der Waals surface area (Å²) in [7, 11) is -9.90. The van der Waals surface area contributed by atoms with E-state index in [0.717, 1.165) is 115 Å². The molecule has 0 radical (unpaired) electrons. The van der Waals surface area contributed by atoms with Crippen LogP contribution in [-0.4, -0.2) is 96.7 Å². The molecular formula is C75H146O17P2. The van der Waals surface area contributed by atoms with E-state index in [2.05, 4.69) is 41.5 Å². The van der Waals surface area contributed by atoms with E-state index >= 15 is 0 Å². The summed E-state index contributed by atoms with van der Waals surface area (Å²) in [5.41, 5.74) is 0. The highest BCUT2D eigenvalue weighted by molar-refractivity contribution is 7.47. The van der Waals surface area contributed by atoms with Crippen LogP contribution in [-0.2, 0) is 65.4 Å². The average Bonchev–Trinajstić information content (AvgIpc) is 1.70. The number of esters is 4. The van der Waals surface area contributed by atoms with Crippen molar-refractivity contribution in [3.63, 3.8) is 0 Å². The van der Waals surface area contributed by atoms with Crippen molar-refractivity contribution in [2.24, 2.45) is 11.8 Å². The normalized spacial score (nSPS) is 14.3. The molecule has 0 spiro atoms. The Bertz CT molecular complexity index is 1820. The number of carbonyl (C=O) groups excluding carboxylic acids is 4. The minimum atomic E-state index is -4.96. The molecule has 6 atom stereocenters. The van der Waals surface area contributed by atoms with E-state index < -0.39 is 97.5 Å². The van der Waals surface area contributed by atoms with Crippen LogP contribution in [0, 0.1) is 11.8 Å². The molecule has 0 aromatic carbocycles. The van der Waals surface area contributed by atoms with Crippen molar-refractivity contribution in [3.05, 3.63) is 0 Å². The first-order valence-corrected chi connectivity index (χ1v) is 42.0. The number of ether oxygens (including phenoxy) is 4. The lowest BCUT2D eigenvalue weighted by Gasteiger charge is -2.21. The fraction of sp³-hybridized carbons (Fsp3) is 0.947. The lowest BCUT2D eigenvalue weighted by Crippen LogP contribution is -2.30. The third-order valence-electron chi connectivity index (χ3n) is 17.8. The zero-order valence-corrected chi connectivity index (χ0v) is 63.1. The highest BCUT2D eigenvalue weighted by Gasteiger charge is 2.30. The van der Waals surface area contributed by atoms with E-state index in [1.54, 1.807) is 0 Å². The third kappa shape index (κ3) is 67.3. The SMILES string of the molecule is CCCCCCCCCCCCCCCCC(=O)OC[C@H](COP(=O)(O)OC[C@@H](O)COP(=O)(O)OC[C@@H](COC(=O)CCCCCCCCC)OC(=O)CCCCCCCCCCC(C)CC)OC(=O)CCCCCCCCCCCCCCCCCCCCC(C)C. The van der Waals surface area contributed by atoms with Gasteiger partial charge in [0, 0.05) is 25.7 Å². The van der Waals surface area contributed by atoms with Gasteiger partial charge in [0.15, 0.2) is 12.2 Å². The Balaban J connectivity index is 5.17. The minimum absolute atomic E-state index is 0.105. The van der Waals surface area contributed by atoms with Gasteiger partial charge in [-0.05, 0) is 37.5 Å². The predicted octanol–water partition coefficient (Wildman–Crippen LogP) is 21.9. The smallest absolute Gasteiger partial charge is 0.462 e. The lowest BCUT2D eigenvalue weighted by atomic mass is 9.99. The quantitative estimate of drug-likeness (QED) is 0.0222. The van der Waals surface area contributed by atoms with Gasteiger partial charge < -0.3 is 33.8 Å². The summed E-state index contributed by atoms with van der Waals surface area (Å²) in [6, 6.07) is 0. The largest absolute Gasteiger partial charge is 0.472 e. The molecule has 19 heteroatoms. The summed E-state index contributed by atoms with van der Waals surface area (Å²) < 4.78 is 68.4. The number of phosphoric acid groups is 2. The number of unbranched alkanes of at least 4 members (excludes halogenated alkanes) is 43. The molecule has 0 rings (SSSR count). The van der Waals surface area contributed by atoms with E-state index in [1.807, 2.05) is 0 Å². The number of hydrogen-bond donors (Lipinski definition) is 3. The molecule has 0 heterocycles. The Kier molecular flexibility index (Phi) is 65.5. The van der Waals surface area contributed by atoms with Crippen LogP contribution in [0.5, 0.6) is 0 Å². The summed E-state index contributed by atoms with van der Waals surface area (Å²) in [6.07, 6.45) is 54.3. The van der Waals surface area contributed by atoms with Gasteiger partial charge in [-0.25, -0.2) is 9.13 Å². The molecule has 0 aromatic rings. The van der Waals surface area contributed by atoms with E-state index in [4.69, 9.17) is 37.0 Å². The number of hydrogen-bond acceptors (Lipinski definition) is 15. The van der Waals surface area contributed by atoms with Crippen molar-refractivity contribution < 1.29 is 80.2 Å². The second kappa shape index (κ2) is 66.9. The van der Waals surface area contributed by atoms with Crippen LogP contribution in [0.4, 0.5) is 0 Å². The Hall–Kier alpha value is -1.94. The molecule has 0 aromatic heterocycles. The summed E-state index contributed by atoms with van der Waals surface area (Å²) in [4.78, 5) is 72.6. The molecule has 0 fully saturated rings. The van der Waals surface area contributed by atoms with Crippen molar-refractivity contribution >= 4 is 39.5 Å². The fourth-order valence-electron chi connectivity index (χ4n) is 11.4. The maximum atomic E-state index is 13.1. The molecule has 0 saturated carbocycles. The van der Waals surface area contributed by atoms with Gasteiger partial charge in [-0.2, -0.15) is 0 Å². The van der Waals surface area contributed by atoms with E-state index in [9.17, 15) is 43.2 Å². The topological polar surface area (TPSA) is 237 Å². The van der Waals surface area contributed by atoms with E-state index in [-0.39, 0.29) is 25.7 Å². The second-order valence-electron chi connectivity index (χ2n) is 27.8. The first kappa shape index (κ1) is 92.1. The Morgan fingerprint density at radius 1 is 0.309 bits per heavy atom. The monoisotopic (exact) mass is 1380 g/mol. The lowest BCUT2D eigenvalue weighted by molar-refractivity contribution is -0.161. The van der Waals surface area contributed by atoms with Gasteiger partial charge in [0.05, 0.1) is 26.4 Å². The molecule has 0 saturated heterocycles. The fourth-order valence-corrected chi connectivity index (χ4v) is 13.0. The molecule has 0 amide bonds. The number of rotatable bonds is 74. The standard InChI is InChI=1S/C75H146O17P2/c1-7-10-12-14-16-17-18-19-27-30-33-40-46-52-58-73(78)86-64-71(91-74(79)59-53-47-41-34-31-28-25-23-21-20-22-24-26-29-32-38-43-49-55-67(4)5)66-90-94(83,84)88-62-69(76)61-87-93(81,82)89-65-70(63-85-72(77)57-51-45-37-15-13-11-8-2)92-75(80)60-54-48-42-36-35-39-44-50-56-68(6)9-3/h67-71,76H,7-66H2,1-6H3,(H,81,82)(H,83,84)/t68?,69-,70+,71+/m0/s1. The predicted molar refractivity (Wildman–Crippen MR) is 381 cm³/mol. The first-order valence-electron chi connectivity index (χ1n) is 39.0. The summed E-state index contributed by atoms with van der Waals surface area (Å²) >= 11 is 0. The van der Waals surface area contributed by atoms with Crippen molar-refractivity contribution in [2.75, 3.05) is 39.6 Å². The highest BCUT2D eigenvalue weighted by Crippen LogP contribution is 2.45. The van der Waals surface area contributed by atoms with Gasteiger partial charge in [-0.1, -0.05) is 337 Å². The maximum absolute atomic E-state index is 13.1. The summed E-state index contributed by atoms with van der Waals surface area (Å²) in [5, 5.41) is 10.6. The molecule has 558 valence electrons. The molecular weight excluding hydrogens is 1230 g/mol. The van der Waals surface area contributed by atoms with E-state index in [0.29, 0.717) is 25.7 Å². The van der Waals surface area contributed by atoms with Crippen molar-refractivity contribution in [1.82, 2.24) is 0 Å².